The molecule has 2 rings (SSSR count). The van der Waals surface area contributed by atoms with Crippen molar-refractivity contribution < 1.29 is 17.9 Å². The number of aromatic nitrogens is 2. The number of benzene rings is 1. The molecule has 0 amide bonds. The van der Waals surface area contributed by atoms with E-state index >= 15 is 0 Å². The van der Waals surface area contributed by atoms with Gasteiger partial charge in [0.1, 0.15) is 12.4 Å². The zero-order chi connectivity index (χ0) is 17.2. The second kappa shape index (κ2) is 6.30. The number of nitrogens with zero attached hydrogens (tertiary/aromatic N) is 3. The van der Waals surface area contributed by atoms with Crippen molar-refractivity contribution in [2.45, 2.75) is 12.7 Å². The molecule has 0 aliphatic rings. The number of methoxy groups -OCH3 is 1. The highest BCUT2D eigenvalue weighted by molar-refractivity contribution is 6.34. The fraction of sp³-hybridized carbons (Fsp3) is 0.214. The van der Waals surface area contributed by atoms with Crippen molar-refractivity contribution in [3.05, 3.63) is 45.3 Å². The van der Waals surface area contributed by atoms with E-state index in [-0.39, 0.29) is 23.7 Å². The van der Waals surface area contributed by atoms with E-state index < -0.39 is 22.3 Å². The molecule has 0 saturated heterocycles. The summed E-state index contributed by atoms with van der Waals surface area (Å²) in [5.41, 5.74) is -1.92. The van der Waals surface area contributed by atoms with Gasteiger partial charge in [0.25, 0.3) is 0 Å². The fourth-order valence-corrected chi connectivity index (χ4v) is 2.27. The Morgan fingerprint density at radius 1 is 1.43 bits per heavy atom. The maximum atomic E-state index is 12.9. The first-order valence-corrected chi connectivity index (χ1v) is 6.56. The quantitative estimate of drug-likeness (QED) is 0.858. The summed E-state index contributed by atoms with van der Waals surface area (Å²) in [5.74, 6) is -0.277. The molecule has 23 heavy (non-hydrogen) atoms. The van der Waals surface area contributed by atoms with Gasteiger partial charge in [-0.2, -0.15) is 23.4 Å². The van der Waals surface area contributed by atoms with Crippen LogP contribution in [0.3, 0.4) is 0 Å². The van der Waals surface area contributed by atoms with Crippen LogP contribution in [-0.4, -0.2) is 16.7 Å². The number of hydrogen-bond donors (Lipinski definition) is 0. The summed E-state index contributed by atoms with van der Waals surface area (Å²) >= 11 is 5.84. The normalized spacial score (nSPS) is 11.1. The predicted octanol–water partition coefficient (Wildman–Crippen LogP) is 3.11. The monoisotopic (exact) mass is 343 g/mol. The third-order valence-corrected chi connectivity index (χ3v) is 3.38. The number of nitriles is 1. The van der Waals surface area contributed by atoms with Crippen LogP contribution in [0.5, 0.6) is 5.75 Å². The van der Waals surface area contributed by atoms with Gasteiger partial charge < -0.3 is 9.30 Å². The number of rotatable bonds is 3. The average molecular weight is 344 g/mol. The molecule has 0 N–H and O–H groups in total. The Morgan fingerprint density at radius 2 is 2.13 bits per heavy atom. The summed E-state index contributed by atoms with van der Waals surface area (Å²) in [7, 11) is 1.24. The maximum absolute atomic E-state index is 12.9. The Morgan fingerprint density at radius 3 is 2.70 bits per heavy atom. The van der Waals surface area contributed by atoms with E-state index in [4.69, 9.17) is 21.6 Å². The minimum Gasteiger partial charge on any atom is -0.490 e. The van der Waals surface area contributed by atoms with Gasteiger partial charge in [0.15, 0.2) is 0 Å². The summed E-state index contributed by atoms with van der Waals surface area (Å²) in [6.07, 6.45) is -3.45. The zero-order valence-corrected chi connectivity index (χ0v) is 12.4. The topological polar surface area (TPSA) is 67.9 Å². The molecule has 9 heteroatoms. The first-order chi connectivity index (χ1) is 10.8. The Kier molecular flexibility index (Phi) is 4.61. The Labute approximate surface area is 133 Å². The molecule has 0 spiro atoms. The van der Waals surface area contributed by atoms with Gasteiger partial charge in [0.2, 0.25) is 5.75 Å². The van der Waals surface area contributed by atoms with E-state index in [2.05, 4.69) is 4.98 Å². The van der Waals surface area contributed by atoms with Gasteiger partial charge in [0.05, 0.1) is 30.0 Å². The molecule has 0 saturated carbocycles. The second-order valence-electron chi connectivity index (χ2n) is 4.39. The summed E-state index contributed by atoms with van der Waals surface area (Å²) in [4.78, 5) is 15.5. The van der Waals surface area contributed by atoms with E-state index in [0.29, 0.717) is 0 Å². The van der Waals surface area contributed by atoms with E-state index in [1.165, 1.54) is 23.9 Å². The molecule has 0 radical (unpaired) electrons. The molecule has 1 heterocycles. The van der Waals surface area contributed by atoms with Crippen molar-refractivity contribution in [2.24, 2.45) is 0 Å². The summed E-state index contributed by atoms with van der Waals surface area (Å²) < 4.78 is 44.8. The van der Waals surface area contributed by atoms with Crippen LogP contribution in [0.4, 0.5) is 13.2 Å². The van der Waals surface area contributed by atoms with Crippen molar-refractivity contribution in [3.63, 3.8) is 0 Å². The Bertz CT molecular complexity index is 841. The van der Waals surface area contributed by atoms with Gasteiger partial charge in [-0.05, 0) is 12.1 Å². The number of halogens is 4. The number of alkyl halides is 3. The van der Waals surface area contributed by atoms with Gasteiger partial charge in [-0.15, -0.1) is 0 Å². The summed E-state index contributed by atoms with van der Waals surface area (Å²) in [6.45, 7) is -0.244. The van der Waals surface area contributed by atoms with Crippen LogP contribution >= 0.6 is 11.6 Å². The highest BCUT2D eigenvalue weighted by Crippen LogP contribution is 2.39. The van der Waals surface area contributed by atoms with Crippen molar-refractivity contribution in [2.75, 3.05) is 7.11 Å². The van der Waals surface area contributed by atoms with Crippen LogP contribution in [0.15, 0.2) is 29.2 Å². The molecule has 0 bridgehead atoms. The molecule has 0 fully saturated rings. The summed E-state index contributed by atoms with van der Waals surface area (Å²) in [5, 5.41) is 8.25. The molecule has 1 aromatic heterocycles. The molecule has 0 aliphatic carbocycles. The Balaban J connectivity index is 2.75. The van der Waals surface area contributed by atoms with Crippen molar-refractivity contribution in [1.29, 1.82) is 5.26 Å². The molecule has 2 aromatic rings. The van der Waals surface area contributed by atoms with Crippen LogP contribution in [0.25, 0.3) is 11.4 Å². The van der Waals surface area contributed by atoms with Gasteiger partial charge in [0, 0.05) is 5.56 Å². The predicted molar refractivity (Wildman–Crippen MR) is 76.1 cm³/mol. The largest absolute Gasteiger partial charge is 0.490 e. The minimum atomic E-state index is -4.65. The Hall–Kier alpha value is -2.53. The fourth-order valence-electron chi connectivity index (χ4n) is 1.95. The van der Waals surface area contributed by atoms with Gasteiger partial charge in [-0.3, -0.25) is 4.79 Å². The maximum Gasteiger partial charge on any atom is 0.417 e. The summed E-state index contributed by atoms with van der Waals surface area (Å²) in [6, 6.07) is 5.09. The SMILES string of the molecule is COc1cn(CC#N)c(-c2cccc(C(F)(F)F)c2Cl)nc1=O. The lowest BCUT2D eigenvalue weighted by atomic mass is 10.1. The average Bonchev–Trinajstić information content (AvgIpc) is 2.48. The van der Waals surface area contributed by atoms with Gasteiger partial charge in [-0.1, -0.05) is 17.7 Å². The lowest BCUT2D eigenvalue weighted by molar-refractivity contribution is -0.137. The molecule has 5 nitrogen and oxygen atoms in total. The zero-order valence-electron chi connectivity index (χ0n) is 11.7. The third-order valence-electron chi connectivity index (χ3n) is 2.97. The van der Waals surface area contributed by atoms with E-state index in [9.17, 15) is 18.0 Å². The molecular formula is C14H9ClF3N3O2. The standard InChI is InChI=1S/C14H9ClF3N3O2/c1-23-10-7-21(6-5-19)12(20-13(10)22)8-3-2-4-9(11(8)15)14(16,17)18/h2-4,7H,6H2,1H3. The van der Waals surface area contributed by atoms with Crippen LogP contribution in [0.1, 0.15) is 5.56 Å². The number of ether oxygens (including phenoxy) is 1. The van der Waals surface area contributed by atoms with E-state index in [1.54, 1.807) is 0 Å². The molecule has 0 aliphatic heterocycles. The first kappa shape index (κ1) is 16.8. The molecule has 0 atom stereocenters. The second-order valence-corrected chi connectivity index (χ2v) is 4.77. The highest BCUT2D eigenvalue weighted by Gasteiger charge is 2.34. The smallest absolute Gasteiger partial charge is 0.417 e. The number of hydrogen-bond acceptors (Lipinski definition) is 4. The first-order valence-electron chi connectivity index (χ1n) is 6.18. The van der Waals surface area contributed by atoms with Crippen LogP contribution in [-0.2, 0) is 12.7 Å². The van der Waals surface area contributed by atoms with Crippen LogP contribution in [0, 0.1) is 11.3 Å². The molecule has 1 aromatic carbocycles. The molecule has 120 valence electrons. The molecule has 0 unspecified atom stereocenters. The van der Waals surface area contributed by atoms with E-state index in [1.807, 2.05) is 6.07 Å². The highest BCUT2D eigenvalue weighted by atomic mass is 35.5. The lowest BCUT2D eigenvalue weighted by Gasteiger charge is -2.15. The van der Waals surface area contributed by atoms with Crippen molar-refractivity contribution in [3.8, 4) is 23.2 Å². The van der Waals surface area contributed by atoms with Gasteiger partial charge in [-0.25, -0.2) is 0 Å². The van der Waals surface area contributed by atoms with Crippen LogP contribution in [0.2, 0.25) is 5.02 Å². The minimum absolute atomic E-state index is 0.100. The van der Waals surface area contributed by atoms with Crippen LogP contribution < -0.4 is 10.3 Å². The lowest BCUT2D eigenvalue weighted by Crippen LogP contribution is -2.17. The van der Waals surface area contributed by atoms with E-state index in [0.717, 1.165) is 12.1 Å². The van der Waals surface area contributed by atoms with Gasteiger partial charge >= 0.3 is 11.7 Å². The van der Waals surface area contributed by atoms with Crippen molar-refractivity contribution in [1.82, 2.24) is 9.55 Å². The third kappa shape index (κ3) is 3.29. The molecular weight excluding hydrogens is 335 g/mol. The van der Waals surface area contributed by atoms with Crippen molar-refractivity contribution >= 4 is 11.6 Å².